The van der Waals surface area contributed by atoms with E-state index < -0.39 is 17.8 Å². The van der Waals surface area contributed by atoms with Crippen LogP contribution in [0.5, 0.6) is 0 Å². The molecule has 1 aromatic heterocycles. The number of benzene rings is 1. The third-order valence-corrected chi connectivity index (χ3v) is 2.96. The number of nitrogens with zero attached hydrogens (tertiary/aromatic N) is 1. The first-order valence-electron chi connectivity index (χ1n) is 6.18. The number of aromatic nitrogens is 1. The number of hydrogen-bond donors (Lipinski definition) is 1. The Kier molecular flexibility index (Phi) is 4.13. The van der Waals surface area contributed by atoms with Gasteiger partial charge in [-0.15, -0.1) is 0 Å². The molecule has 2 rings (SSSR count). The molecule has 0 amide bonds. The monoisotopic (exact) mass is 284 g/mol. The van der Waals surface area contributed by atoms with Gasteiger partial charge in [-0.3, -0.25) is 0 Å². The summed E-state index contributed by atoms with van der Waals surface area (Å²) in [5, 5.41) is 2.98. The van der Waals surface area contributed by atoms with Crippen molar-refractivity contribution in [1.82, 2.24) is 10.3 Å². The topological polar surface area (TPSA) is 38.1 Å². The molecule has 0 aliphatic rings. The molecule has 1 heterocycles. The zero-order valence-electron chi connectivity index (χ0n) is 11.2. The van der Waals surface area contributed by atoms with E-state index in [1.54, 1.807) is 26.1 Å². The van der Waals surface area contributed by atoms with E-state index in [4.69, 9.17) is 4.42 Å². The van der Waals surface area contributed by atoms with E-state index in [1.807, 2.05) is 0 Å². The summed E-state index contributed by atoms with van der Waals surface area (Å²) in [4.78, 5) is 4.00. The highest BCUT2D eigenvalue weighted by Gasteiger charge is 2.34. The second-order valence-electron chi connectivity index (χ2n) is 4.55. The number of aryl methyl sites for hydroxylation is 1. The number of alkyl halides is 3. The molecule has 1 atom stereocenters. The molecule has 0 saturated carbocycles. The highest BCUT2D eigenvalue weighted by atomic mass is 19.4. The van der Waals surface area contributed by atoms with Crippen molar-refractivity contribution in [3.05, 3.63) is 53.2 Å². The molecule has 0 bridgehead atoms. The van der Waals surface area contributed by atoms with Crippen LogP contribution in [-0.4, -0.2) is 4.98 Å². The summed E-state index contributed by atoms with van der Waals surface area (Å²) >= 11 is 0. The van der Waals surface area contributed by atoms with Crippen molar-refractivity contribution in [2.24, 2.45) is 0 Å². The Bertz CT molecular complexity index is 578. The summed E-state index contributed by atoms with van der Waals surface area (Å²) in [5.41, 5.74) is -0.410. The Labute approximate surface area is 114 Å². The molecule has 1 aromatic carbocycles. The summed E-state index contributed by atoms with van der Waals surface area (Å²) in [6.07, 6.45) is -2.78. The average molecular weight is 284 g/mol. The van der Waals surface area contributed by atoms with Crippen molar-refractivity contribution < 1.29 is 17.6 Å². The predicted molar refractivity (Wildman–Crippen MR) is 67.9 cm³/mol. The molecule has 0 radical (unpaired) electrons. The van der Waals surface area contributed by atoms with Gasteiger partial charge in [-0.05, 0) is 25.5 Å². The lowest BCUT2D eigenvalue weighted by Gasteiger charge is -2.18. The molecule has 0 saturated heterocycles. The van der Waals surface area contributed by atoms with Crippen LogP contribution in [-0.2, 0) is 12.7 Å². The summed E-state index contributed by atoms with van der Waals surface area (Å²) in [6.45, 7) is 3.72. The summed E-state index contributed by atoms with van der Waals surface area (Å²) in [7, 11) is 0. The number of halogens is 3. The van der Waals surface area contributed by atoms with Crippen LogP contribution in [0.4, 0.5) is 13.2 Å². The first kappa shape index (κ1) is 14.6. The molecule has 0 aliphatic carbocycles. The minimum Gasteiger partial charge on any atom is -0.445 e. The zero-order valence-corrected chi connectivity index (χ0v) is 11.2. The largest absolute Gasteiger partial charge is 0.445 e. The van der Waals surface area contributed by atoms with Crippen LogP contribution < -0.4 is 5.32 Å². The number of hydrogen-bond acceptors (Lipinski definition) is 3. The smallest absolute Gasteiger partial charge is 0.416 e. The maximum Gasteiger partial charge on any atom is 0.416 e. The third kappa shape index (κ3) is 3.39. The van der Waals surface area contributed by atoms with Gasteiger partial charge in [-0.25, -0.2) is 4.98 Å². The second kappa shape index (κ2) is 5.66. The summed E-state index contributed by atoms with van der Waals surface area (Å²) in [6, 6.07) is 5.08. The van der Waals surface area contributed by atoms with E-state index in [2.05, 4.69) is 10.3 Å². The fourth-order valence-electron chi connectivity index (χ4n) is 1.97. The number of oxazole rings is 1. The van der Waals surface area contributed by atoms with Crippen molar-refractivity contribution in [3.8, 4) is 0 Å². The molecule has 0 aliphatic heterocycles. The Morgan fingerprint density at radius 2 is 2.00 bits per heavy atom. The maximum atomic E-state index is 12.9. The summed E-state index contributed by atoms with van der Waals surface area (Å²) in [5.74, 6) is 1.13. The Balaban J connectivity index is 2.11. The van der Waals surface area contributed by atoms with Gasteiger partial charge >= 0.3 is 6.18 Å². The van der Waals surface area contributed by atoms with E-state index >= 15 is 0 Å². The van der Waals surface area contributed by atoms with E-state index in [0.717, 1.165) is 6.07 Å². The Morgan fingerprint density at radius 3 is 2.60 bits per heavy atom. The van der Waals surface area contributed by atoms with Gasteiger partial charge in [-0.2, -0.15) is 13.2 Å². The van der Waals surface area contributed by atoms with Crippen molar-refractivity contribution in [3.63, 3.8) is 0 Å². The van der Waals surface area contributed by atoms with Crippen molar-refractivity contribution in [2.45, 2.75) is 32.6 Å². The SMILES string of the molecule is Cc1cnc(CNC(C)c2ccccc2C(F)(F)F)o1. The van der Waals surface area contributed by atoms with E-state index in [9.17, 15) is 13.2 Å². The van der Waals surface area contributed by atoms with Gasteiger partial charge < -0.3 is 9.73 Å². The number of rotatable bonds is 4. The first-order valence-corrected chi connectivity index (χ1v) is 6.18. The lowest BCUT2D eigenvalue weighted by Crippen LogP contribution is -2.21. The molecule has 20 heavy (non-hydrogen) atoms. The van der Waals surface area contributed by atoms with Gasteiger partial charge in [0.05, 0.1) is 18.3 Å². The van der Waals surface area contributed by atoms with E-state index in [-0.39, 0.29) is 12.1 Å². The minimum absolute atomic E-state index is 0.211. The van der Waals surface area contributed by atoms with Gasteiger partial charge in [0.15, 0.2) is 0 Å². The van der Waals surface area contributed by atoms with Crippen LogP contribution in [0.1, 0.15) is 35.7 Å². The van der Waals surface area contributed by atoms with E-state index in [1.165, 1.54) is 12.1 Å². The fourth-order valence-corrected chi connectivity index (χ4v) is 1.97. The molecule has 108 valence electrons. The third-order valence-electron chi connectivity index (χ3n) is 2.96. The normalized spacial score (nSPS) is 13.4. The second-order valence-corrected chi connectivity index (χ2v) is 4.55. The van der Waals surface area contributed by atoms with Gasteiger partial charge in [0.2, 0.25) is 5.89 Å². The van der Waals surface area contributed by atoms with Crippen molar-refractivity contribution in [2.75, 3.05) is 0 Å². The van der Waals surface area contributed by atoms with E-state index in [0.29, 0.717) is 11.7 Å². The number of nitrogens with one attached hydrogen (secondary N) is 1. The highest BCUT2D eigenvalue weighted by molar-refractivity contribution is 5.32. The highest BCUT2D eigenvalue weighted by Crippen LogP contribution is 2.34. The van der Waals surface area contributed by atoms with Crippen LogP contribution in [0.15, 0.2) is 34.9 Å². The van der Waals surface area contributed by atoms with Crippen LogP contribution in [0.2, 0.25) is 0 Å². The molecule has 1 N–H and O–H groups in total. The maximum absolute atomic E-state index is 12.9. The summed E-state index contributed by atoms with van der Waals surface area (Å²) < 4.78 is 44.0. The molecule has 2 aromatic rings. The molecular weight excluding hydrogens is 269 g/mol. The molecular formula is C14H15F3N2O. The zero-order chi connectivity index (χ0) is 14.8. The van der Waals surface area contributed by atoms with Crippen molar-refractivity contribution in [1.29, 1.82) is 0 Å². The molecule has 3 nitrogen and oxygen atoms in total. The predicted octanol–water partition coefficient (Wildman–Crippen LogP) is 3.85. The van der Waals surface area contributed by atoms with Gasteiger partial charge in [0, 0.05) is 6.04 Å². The van der Waals surface area contributed by atoms with Crippen LogP contribution >= 0.6 is 0 Å². The quantitative estimate of drug-likeness (QED) is 0.926. The van der Waals surface area contributed by atoms with Gasteiger partial charge in [0.1, 0.15) is 5.76 Å². The van der Waals surface area contributed by atoms with Crippen LogP contribution in [0.25, 0.3) is 0 Å². The Hall–Kier alpha value is -1.82. The lowest BCUT2D eigenvalue weighted by molar-refractivity contribution is -0.138. The van der Waals surface area contributed by atoms with Gasteiger partial charge in [0.25, 0.3) is 0 Å². The average Bonchev–Trinajstić information content (AvgIpc) is 2.81. The lowest BCUT2D eigenvalue weighted by atomic mass is 10.0. The van der Waals surface area contributed by atoms with Gasteiger partial charge in [-0.1, -0.05) is 18.2 Å². The first-order chi connectivity index (χ1) is 9.38. The molecule has 6 heteroatoms. The standard InChI is InChI=1S/C14H15F3N2O/c1-9-7-19-13(20-9)8-18-10(2)11-5-3-4-6-12(11)14(15,16)17/h3-7,10,18H,8H2,1-2H3. The van der Waals surface area contributed by atoms with Crippen LogP contribution in [0.3, 0.4) is 0 Å². The molecule has 0 fully saturated rings. The minimum atomic E-state index is -4.36. The molecule has 1 unspecified atom stereocenters. The Morgan fingerprint density at radius 1 is 1.30 bits per heavy atom. The molecule has 0 spiro atoms. The van der Waals surface area contributed by atoms with Crippen LogP contribution in [0, 0.1) is 6.92 Å². The van der Waals surface area contributed by atoms with Crippen molar-refractivity contribution >= 4 is 0 Å². The fraction of sp³-hybridized carbons (Fsp3) is 0.357.